The van der Waals surface area contributed by atoms with Gasteiger partial charge in [-0.1, -0.05) is 41.9 Å². The standard InChI is InChI=1S/C25H29ClO6/c1-30-22-7-3-2-6-18(22)10-13-24(28)32-23-16-20(15-21(27)25(23)29)31-14-4-5-17-8-11-19(26)12-9-17/h2-3,6-13,20-21,23,25,27,29H,4-5,14-16H2,1H3/b13-10+/t20-,21-,23+,25+/m0/s1. The highest BCUT2D eigenvalue weighted by Crippen LogP contribution is 2.26. The van der Waals surface area contributed by atoms with E-state index in [0.29, 0.717) is 30.2 Å². The zero-order chi connectivity index (χ0) is 22.9. The molecule has 0 saturated heterocycles. The molecule has 0 unspecified atom stereocenters. The largest absolute Gasteiger partial charge is 0.496 e. The number of carbonyl (C=O) groups excluding carboxylic acids is 1. The molecule has 0 heterocycles. The van der Waals surface area contributed by atoms with Crippen molar-refractivity contribution in [1.82, 2.24) is 0 Å². The molecule has 2 aromatic rings. The summed E-state index contributed by atoms with van der Waals surface area (Å²) in [5.41, 5.74) is 1.91. The smallest absolute Gasteiger partial charge is 0.331 e. The first-order valence-electron chi connectivity index (χ1n) is 10.7. The molecule has 0 spiro atoms. The number of aryl methyl sites for hydroxylation is 1. The van der Waals surface area contributed by atoms with E-state index in [1.54, 1.807) is 19.3 Å². The fourth-order valence-corrected chi connectivity index (χ4v) is 3.86. The fourth-order valence-electron chi connectivity index (χ4n) is 3.73. The lowest BCUT2D eigenvalue weighted by Gasteiger charge is -2.36. The van der Waals surface area contributed by atoms with Gasteiger partial charge in [0, 0.05) is 36.1 Å². The molecule has 0 aliphatic heterocycles. The van der Waals surface area contributed by atoms with Crippen LogP contribution in [0.3, 0.4) is 0 Å². The zero-order valence-electron chi connectivity index (χ0n) is 18.0. The highest BCUT2D eigenvalue weighted by Gasteiger charge is 2.38. The second-order valence-corrected chi connectivity index (χ2v) is 8.24. The summed E-state index contributed by atoms with van der Waals surface area (Å²) in [5.74, 6) is 0.0345. The average Bonchev–Trinajstić information content (AvgIpc) is 2.80. The van der Waals surface area contributed by atoms with Gasteiger partial charge in [-0.05, 0) is 42.7 Å². The Balaban J connectivity index is 1.48. The van der Waals surface area contributed by atoms with Gasteiger partial charge in [0.05, 0.1) is 19.3 Å². The molecule has 1 fully saturated rings. The molecule has 4 atom stereocenters. The van der Waals surface area contributed by atoms with Gasteiger partial charge >= 0.3 is 5.97 Å². The van der Waals surface area contributed by atoms with Crippen molar-refractivity contribution in [2.75, 3.05) is 13.7 Å². The van der Waals surface area contributed by atoms with Crippen molar-refractivity contribution in [3.63, 3.8) is 0 Å². The molecular weight excluding hydrogens is 432 g/mol. The van der Waals surface area contributed by atoms with Crippen LogP contribution in [-0.2, 0) is 20.7 Å². The second-order valence-electron chi connectivity index (χ2n) is 7.80. The Morgan fingerprint density at radius 1 is 1.12 bits per heavy atom. The van der Waals surface area contributed by atoms with E-state index in [2.05, 4.69) is 0 Å². The highest BCUT2D eigenvalue weighted by atomic mass is 35.5. The Bertz CT molecular complexity index is 898. The van der Waals surface area contributed by atoms with E-state index in [-0.39, 0.29) is 6.10 Å². The summed E-state index contributed by atoms with van der Waals surface area (Å²) in [7, 11) is 1.56. The van der Waals surface area contributed by atoms with Crippen LogP contribution in [0, 0.1) is 0 Å². The van der Waals surface area contributed by atoms with Gasteiger partial charge in [-0.2, -0.15) is 0 Å². The predicted octanol–water partition coefficient (Wildman–Crippen LogP) is 3.81. The summed E-state index contributed by atoms with van der Waals surface area (Å²) >= 11 is 5.90. The molecule has 1 saturated carbocycles. The summed E-state index contributed by atoms with van der Waals surface area (Å²) in [6.45, 7) is 0.504. The van der Waals surface area contributed by atoms with Crippen LogP contribution in [0.4, 0.5) is 0 Å². The first-order valence-corrected chi connectivity index (χ1v) is 11.1. The SMILES string of the molecule is COc1ccccc1/C=C/C(=O)O[C@@H]1C[C@@H](OCCCc2ccc(Cl)cc2)C[C@H](O)[C@H]1O. The van der Waals surface area contributed by atoms with E-state index in [0.717, 1.165) is 18.4 Å². The number of benzene rings is 2. The minimum Gasteiger partial charge on any atom is -0.496 e. The Labute approximate surface area is 193 Å². The van der Waals surface area contributed by atoms with Crippen LogP contribution in [-0.4, -0.2) is 54.3 Å². The van der Waals surface area contributed by atoms with Crippen molar-refractivity contribution in [1.29, 1.82) is 0 Å². The molecule has 32 heavy (non-hydrogen) atoms. The number of methoxy groups -OCH3 is 1. The Hall–Kier alpha value is -2.38. The lowest BCUT2D eigenvalue weighted by atomic mass is 9.89. The van der Waals surface area contributed by atoms with Crippen molar-refractivity contribution in [3.8, 4) is 5.75 Å². The third-order valence-electron chi connectivity index (χ3n) is 5.46. The number of rotatable bonds is 9. The molecule has 0 bridgehead atoms. The molecule has 1 aliphatic rings. The summed E-state index contributed by atoms with van der Waals surface area (Å²) in [5, 5.41) is 21.2. The Morgan fingerprint density at radius 3 is 2.62 bits per heavy atom. The van der Waals surface area contributed by atoms with Crippen molar-refractivity contribution in [3.05, 3.63) is 70.8 Å². The minimum atomic E-state index is -1.15. The summed E-state index contributed by atoms with van der Waals surface area (Å²) in [4.78, 5) is 12.3. The van der Waals surface area contributed by atoms with E-state index in [4.69, 9.17) is 25.8 Å². The number of esters is 1. The van der Waals surface area contributed by atoms with E-state index >= 15 is 0 Å². The zero-order valence-corrected chi connectivity index (χ0v) is 18.8. The topological polar surface area (TPSA) is 85.2 Å². The second kappa shape index (κ2) is 12.0. The van der Waals surface area contributed by atoms with Crippen LogP contribution in [0.5, 0.6) is 5.75 Å². The number of hydrogen-bond donors (Lipinski definition) is 2. The summed E-state index contributed by atoms with van der Waals surface area (Å²) in [6.07, 6.45) is 1.87. The van der Waals surface area contributed by atoms with E-state index in [9.17, 15) is 15.0 Å². The van der Waals surface area contributed by atoms with Gasteiger partial charge in [0.15, 0.2) is 0 Å². The van der Waals surface area contributed by atoms with Gasteiger partial charge in [0.25, 0.3) is 0 Å². The molecule has 172 valence electrons. The molecule has 0 amide bonds. The summed E-state index contributed by atoms with van der Waals surface area (Å²) < 4.78 is 16.6. The average molecular weight is 461 g/mol. The molecule has 7 heteroatoms. The number of para-hydroxylation sites is 1. The monoisotopic (exact) mass is 460 g/mol. The van der Waals surface area contributed by atoms with Gasteiger partial charge in [-0.15, -0.1) is 0 Å². The van der Waals surface area contributed by atoms with Crippen LogP contribution in [0.25, 0.3) is 6.08 Å². The van der Waals surface area contributed by atoms with Crippen LogP contribution >= 0.6 is 11.6 Å². The maximum atomic E-state index is 12.3. The van der Waals surface area contributed by atoms with Crippen molar-refractivity contribution in [2.24, 2.45) is 0 Å². The predicted molar refractivity (Wildman–Crippen MR) is 123 cm³/mol. The van der Waals surface area contributed by atoms with Crippen molar-refractivity contribution >= 4 is 23.6 Å². The maximum Gasteiger partial charge on any atom is 0.331 e. The van der Waals surface area contributed by atoms with Gasteiger partial charge in [-0.25, -0.2) is 4.79 Å². The number of ether oxygens (including phenoxy) is 3. The molecule has 1 aliphatic carbocycles. The Morgan fingerprint density at radius 2 is 1.88 bits per heavy atom. The van der Waals surface area contributed by atoms with Gasteiger partial charge < -0.3 is 24.4 Å². The van der Waals surface area contributed by atoms with E-state index in [1.807, 2.05) is 42.5 Å². The number of carbonyl (C=O) groups is 1. The van der Waals surface area contributed by atoms with Crippen LogP contribution in [0.15, 0.2) is 54.6 Å². The third kappa shape index (κ3) is 7.07. The molecule has 6 nitrogen and oxygen atoms in total. The van der Waals surface area contributed by atoms with E-state index in [1.165, 1.54) is 11.6 Å². The maximum absolute atomic E-state index is 12.3. The number of aliphatic hydroxyl groups excluding tert-OH is 2. The molecule has 2 aromatic carbocycles. The van der Waals surface area contributed by atoms with Gasteiger partial charge in [0.2, 0.25) is 0 Å². The quantitative estimate of drug-likeness (QED) is 0.336. The van der Waals surface area contributed by atoms with Crippen molar-refractivity contribution in [2.45, 2.75) is 50.1 Å². The Kier molecular flexibility index (Phi) is 9.11. The number of halogens is 1. The first kappa shape index (κ1) is 24.3. The van der Waals surface area contributed by atoms with Crippen LogP contribution < -0.4 is 4.74 Å². The molecule has 2 N–H and O–H groups in total. The third-order valence-corrected chi connectivity index (χ3v) is 5.71. The fraction of sp³-hybridized carbons (Fsp3) is 0.400. The van der Waals surface area contributed by atoms with Crippen LogP contribution in [0.1, 0.15) is 30.4 Å². The minimum absolute atomic E-state index is 0.297. The normalized spacial score (nSPS) is 23.2. The highest BCUT2D eigenvalue weighted by molar-refractivity contribution is 6.30. The lowest BCUT2D eigenvalue weighted by molar-refractivity contribution is -0.170. The lowest BCUT2D eigenvalue weighted by Crippen LogP contribution is -2.48. The van der Waals surface area contributed by atoms with Crippen molar-refractivity contribution < 1.29 is 29.2 Å². The molecular formula is C25H29ClO6. The molecule has 0 radical (unpaired) electrons. The number of hydrogen-bond acceptors (Lipinski definition) is 6. The van der Waals surface area contributed by atoms with Gasteiger partial charge in [-0.3, -0.25) is 0 Å². The number of aliphatic hydroxyl groups is 2. The van der Waals surface area contributed by atoms with E-state index < -0.39 is 24.3 Å². The summed E-state index contributed by atoms with van der Waals surface area (Å²) in [6, 6.07) is 15.0. The first-order chi connectivity index (χ1) is 15.5. The molecule has 3 rings (SSSR count). The van der Waals surface area contributed by atoms with Crippen LogP contribution in [0.2, 0.25) is 5.02 Å². The molecule has 0 aromatic heterocycles. The van der Waals surface area contributed by atoms with Gasteiger partial charge in [0.1, 0.15) is 18.0 Å².